The van der Waals surface area contributed by atoms with Crippen LogP contribution in [-0.2, 0) is 29.0 Å². The maximum absolute atomic E-state index is 12.6. The first-order valence-corrected chi connectivity index (χ1v) is 16.2. The third kappa shape index (κ3) is 8.87. The fourth-order valence-electron chi connectivity index (χ4n) is 5.82. The topological polar surface area (TPSA) is 167 Å². The molecule has 2 atom stereocenters. The van der Waals surface area contributed by atoms with E-state index < -0.39 is 28.9 Å². The number of rotatable bonds is 11. The zero-order valence-corrected chi connectivity index (χ0v) is 29.2. The maximum atomic E-state index is 12.6. The van der Waals surface area contributed by atoms with E-state index in [4.69, 9.17) is 4.98 Å². The number of hydrogen-bond donors (Lipinski definition) is 5. The van der Waals surface area contributed by atoms with Gasteiger partial charge in [0.15, 0.2) is 5.13 Å². The molecule has 46 heavy (non-hydrogen) atoms. The predicted molar refractivity (Wildman–Crippen MR) is 179 cm³/mol. The van der Waals surface area contributed by atoms with Crippen molar-refractivity contribution in [2.75, 3.05) is 37.8 Å². The van der Waals surface area contributed by atoms with Gasteiger partial charge in [0.05, 0.1) is 11.6 Å². The average Bonchev–Trinajstić information content (AvgIpc) is 3.52. The van der Waals surface area contributed by atoms with Crippen LogP contribution in [0.5, 0.6) is 0 Å². The first-order valence-electron chi connectivity index (χ1n) is 15.3. The van der Waals surface area contributed by atoms with Gasteiger partial charge in [-0.15, -0.1) is 11.3 Å². The molecule has 5 N–H and O–H groups in total. The highest BCUT2D eigenvalue weighted by molar-refractivity contribution is 7.15. The van der Waals surface area contributed by atoms with E-state index in [-0.39, 0.29) is 17.7 Å². The molecule has 254 valence electrons. The van der Waals surface area contributed by atoms with Crippen LogP contribution in [0.3, 0.4) is 0 Å². The number of aryl methyl sites for hydroxylation is 2. The number of hydrogen-bond acceptors (Lipinski definition) is 8. The number of aromatic nitrogens is 1. The molecule has 1 aromatic carbocycles. The molecule has 13 nitrogen and oxygen atoms in total. The second kappa shape index (κ2) is 14.2. The lowest BCUT2D eigenvalue weighted by Gasteiger charge is -2.55. The van der Waals surface area contributed by atoms with Crippen molar-refractivity contribution in [2.45, 2.75) is 85.6 Å². The Kier molecular flexibility index (Phi) is 11.3. The highest BCUT2D eigenvalue weighted by Gasteiger charge is 2.54. The fourth-order valence-corrected chi connectivity index (χ4v) is 6.92. The minimum absolute atomic E-state index is 0.0259. The van der Waals surface area contributed by atoms with Crippen LogP contribution in [-0.4, -0.2) is 92.4 Å². The van der Waals surface area contributed by atoms with Crippen LogP contribution < -0.4 is 16.0 Å². The predicted octanol–water partition coefficient (Wildman–Crippen LogP) is 4.95. The molecular weight excluding hydrogens is 610 g/mol. The molecule has 1 unspecified atom stereocenters. The molecule has 0 bridgehead atoms. The molecule has 0 aliphatic carbocycles. The molecule has 0 saturated carbocycles. The summed E-state index contributed by atoms with van der Waals surface area (Å²) in [5.41, 5.74) is 0.575. The van der Waals surface area contributed by atoms with Gasteiger partial charge in [0.1, 0.15) is 0 Å². The summed E-state index contributed by atoms with van der Waals surface area (Å²) in [4.78, 5) is 59.6. The van der Waals surface area contributed by atoms with Crippen LogP contribution >= 0.6 is 11.3 Å². The molecule has 1 saturated heterocycles. The Morgan fingerprint density at radius 1 is 1.02 bits per heavy atom. The molecule has 1 fully saturated rings. The summed E-state index contributed by atoms with van der Waals surface area (Å²) in [7, 11) is 3.55. The van der Waals surface area contributed by atoms with Crippen LogP contribution in [0.25, 0.3) is 0 Å². The molecule has 14 heteroatoms. The maximum Gasteiger partial charge on any atom is 0.411 e. The minimum Gasteiger partial charge on any atom is -0.465 e. The van der Waals surface area contributed by atoms with E-state index in [2.05, 4.69) is 20.9 Å². The van der Waals surface area contributed by atoms with Gasteiger partial charge in [-0.3, -0.25) is 24.7 Å². The van der Waals surface area contributed by atoms with Gasteiger partial charge in [0.2, 0.25) is 17.6 Å². The van der Waals surface area contributed by atoms with Crippen LogP contribution in [0, 0.1) is 11.3 Å². The van der Waals surface area contributed by atoms with Crippen molar-refractivity contribution in [1.29, 1.82) is 0 Å². The number of likely N-dealkylation sites (tertiary alicyclic amines) is 1. The standard InChI is InChI=1S/C32H49N7O6S/c1-20(40)33-27-34-24(25(46-27)19-38-17-16-22(18-38)26(41)37(8)9)15-12-21-10-13-23(14-11-21)35-32(30(2,3)4,36-28(42)43)39(29(44)45)31(5,6)7/h10-11,13-14,22,35-36H,12,15-19H2,1-9H3,(H,42,43)(H,44,45)(H,33,34,40)/t22-,32?/m1/s1. The molecule has 0 radical (unpaired) electrons. The Labute approximate surface area is 275 Å². The van der Waals surface area contributed by atoms with E-state index in [0.717, 1.165) is 34.0 Å². The Morgan fingerprint density at radius 2 is 1.65 bits per heavy atom. The normalized spacial score (nSPS) is 16.8. The van der Waals surface area contributed by atoms with Gasteiger partial charge in [0, 0.05) is 55.6 Å². The van der Waals surface area contributed by atoms with Crippen molar-refractivity contribution in [2.24, 2.45) is 11.3 Å². The van der Waals surface area contributed by atoms with E-state index in [0.29, 0.717) is 36.8 Å². The summed E-state index contributed by atoms with van der Waals surface area (Å²) in [6, 6.07) is 7.44. The van der Waals surface area contributed by atoms with Gasteiger partial charge in [-0.05, 0) is 64.3 Å². The van der Waals surface area contributed by atoms with Gasteiger partial charge < -0.3 is 25.7 Å². The lowest BCUT2D eigenvalue weighted by atomic mass is 9.82. The number of thiazole rings is 1. The van der Waals surface area contributed by atoms with Crippen molar-refractivity contribution in [3.05, 3.63) is 40.4 Å². The molecule has 1 aromatic heterocycles. The molecule has 1 aliphatic heterocycles. The Bertz CT molecular complexity index is 1410. The SMILES string of the molecule is CC(=O)Nc1nc(CCc2ccc(NC(NC(=O)O)(N(C(=O)O)C(C)(C)C)C(C)(C)C)cc2)c(CN2CC[C@@H](C(=O)N(C)C)C2)s1. The highest BCUT2D eigenvalue weighted by Crippen LogP contribution is 2.39. The molecule has 2 heterocycles. The van der Waals surface area contributed by atoms with Gasteiger partial charge >= 0.3 is 12.2 Å². The monoisotopic (exact) mass is 659 g/mol. The van der Waals surface area contributed by atoms with Gasteiger partial charge in [-0.2, -0.15) is 0 Å². The van der Waals surface area contributed by atoms with Crippen molar-refractivity contribution in [3.63, 3.8) is 0 Å². The largest absolute Gasteiger partial charge is 0.465 e. The second-order valence-electron chi connectivity index (χ2n) is 14.0. The van der Waals surface area contributed by atoms with Gasteiger partial charge in [-0.1, -0.05) is 32.9 Å². The zero-order valence-electron chi connectivity index (χ0n) is 28.4. The first kappa shape index (κ1) is 36.6. The van der Waals surface area contributed by atoms with Crippen LogP contribution in [0.2, 0.25) is 0 Å². The number of nitrogens with one attached hydrogen (secondary N) is 3. The number of anilines is 2. The van der Waals surface area contributed by atoms with Crippen LogP contribution in [0.1, 0.15) is 71.0 Å². The zero-order chi connectivity index (χ0) is 34.6. The molecular formula is C32H49N7O6S. The number of nitrogens with zero attached hydrogens (tertiary/aromatic N) is 4. The summed E-state index contributed by atoms with van der Waals surface area (Å²) in [5.74, 6) is -1.78. The Balaban J connectivity index is 1.82. The lowest BCUT2D eigenvalue weighted by molar-refractivity contribution is -0.132. The smallest absolute Gasteiger partial charge is 0.411 e. The number of benzene rings is 1. The minimum atomic E-state index is -1.70. The van der Waals surface area contributed by atoms with Gasteiger partial charge in [-0.25, -0.2) is 14.6 Å². The van der Waals surface area contributed by atoms with E-state index in [1.54, 1.807) is 72.7 Å². The average molecular weight is 660 g/mol. The highest BCUT2D eigenvalue weighted by atomic mass is 32.1. The Hall–Kier alpha value is -3.91. The summed E-state index contributed by atoms with van der Waals surface area (Å²) >= 11 is 1.45. The summed E-state index contributed by atoms with van der Waals surface area (Å²) < 4.78 is 0. The number of carbonyl (C=O) groups excluding carboxylic acids is 2. The Morgan fingerprint density at radius 3 is 2.15 bits per heavy atom. The van der Waals surface area contributed by atoms with Gasteiger partial charge in [0.25, 0.3) is 0 Å². The summed E-state index contributed by atoms with van der Waals surface area (Å²) in [5, 5.41) is 29.1. The fraction of sp³-hybridized carbons (Fsp3) is 0.594. The lowest BCUT2D eigenvalue weighted by Crippen LogP contribution is -2.76. The molecule has 1 aliphatic rings. The second-order valence-corrected chi connectivity index (χ2v) is 15.1. The van der Waals surface area contributed by atoms with Crippen LogP contribution in [0.4, 0.5) is 20.4 Å². The third-order valence-corrected chi connectivity index (χ3v) is 8.99. The van der Waals surface area contributed by atoms with Crippen molar-refractivity contribution in [1.82, 2.24) is 25.0 Å². The van der Waals surface area contributed by atoms with E-state index in [1.165, 1.54) is 18.3 Å². The molecule has 2 aromatic rings. The van der Waals surface area contributed by atoms with Crippen molar-refractivity contribution in [3.8, 4) is 0 Å². The van der Waals surface area contributed by atoms with E-state index >= 15 is 0 Å². The number of carboxylic acid groups (broad SMARTS) is 2. The third-order valence-electron chi connectivity index (χ3n) is 7.99. The number of amides is 4. The number of carbonyl (C=O) groups is 4. The first-order chi connectivity index (χ1) is 21.2. The molecule has 3 rings (SSSR count). The molecule has 4 amide bonds. The van der Waals surface area contributed by atoms with Crippen molar-refractivity contribution < 1.29 is 29.4 Å². The van der Waals surface area contributed by atoms with Crippen LogP contribution in [0.15, 0.2) is 24.3 Å². The summed E-state index contributed by atoms with van der Waals surface area (Å²) in [6.07, 6.45) is -0.551. The quantitative estimate of drug-likeness (QED) is 0.210. The molecule has 0 spiro atoms. The summed E-state index contributed by atoms with van der Waals surface area (Å²) in [6.45, 7) is 14.0. The van der Waals surface area contributed by atoms with Crippen molar-refractivity contribution >= 4 is 46.2 Å². The van der Waals surface area contributed by atoms with E-state index in [9.17, 15) is 29.4 Å². The van der Waals surface area contributed by atoms with E-state index in [1.807, 2.05) is 12.1 Å².